The monoisotopic (exact) mass is 196 g/mol. The van der Waals surface area contributed by atoms with Gasteiger partial charge in [-0.2, -0.15) is 0 Å². The SMILES string of the molecule is COC(=O)COCCOCCCl. The van der Waals surface area contributed by atoms with E-state index in [1.54, 1.807) is 0 Å². The summed E-state index contributed by atoms with van der Waals surface area (Å²) in [6.45, 7) is 1.31. The van der Waals surface area contributed by atoms with E-state index in [2.05, 4.69) is 4.74 Å². The Morgan fingerprint density at radius 3 is 2.50 bits per heavy atom. The number of halogens is 1. The van der Waals surface area contributed by atoms with Gasteiger partial charge in [-0.3, -0.25) is 0 Å². The molecule has 0 saturated heterocycles. The van der Waals surface area contributed by atoms with E-state index in [0.717, 1.165) is 0 Å². The number of ether oxygens (including phenoxy) is 3. The lowest BCUT2D eigenvalue weighted by Gasteiger charge is -2.02. The molecule has 0 amide bonds. The van der Waals surface area contributed by atoms with Crippen molar-refractivity contribution in [1.82, 2.24) is 0 Å². The second kappa shape index (κ2) is 8.77. The largest absolute Gasteiger partial charge is 0.467 e. The molecule has 0 aromatic rings. The van der Waals surface area contributed by atoms with E-state index in [1.807, 2.05) is 0 Å². The van der Waals surface area contributed by atoms with Crippen LogP contribution in [0.3, 0.4) is 0 Å². The van der Waals surface area contributed by atoms with Crippen LogP contribution in [0.25, 0.3) is 0 Å². The molecule has 0 aliphatic heterocycles. The van der Waals surface area contributed by atoms with Crippen molar-refractivity contribution >= 4 is 17.6 Å². The zero-order valence-electron chi connectivity index (χ0n) is 7.05. The van der Waals surface area contributed by atoms with Gasteiger partial charge in [0.1, 0.15) is 6.61 Å². The van der Waals surface area contributed by atoms with Crippen molar-refractivity contribution in [2.45, 2.75) is 0 Å². The summed E-state index contributed by atoms with van der Waals surface area (Å²) in [6, 6.07) is 0. The third-order valence-electron chi connectivity index (χ3n) is 1.04. The lowest BCUT2D eigenvalue weighted by atomic mass is 10.7. The smallest absolute Gasteiger partial charge is 0.331 e. The third kappa shape index (κ3) is 7.78. The number of rotatable bonds is 7. The van der Waals surface area contributed by atoms with Crippen molar-refractivity contribution in [2.24, 2.45) is 0 Å². The number of alkyl halides is 1. The molecule has 0 unspecified atom stereocenters. The molecule has 0 aromatic carbocycles. The predicted molar refractivity (Wildman–Crippen MR) is 44.4 cm³/mol. The fourth-order valence-electron chi connectivity index (χ4n) is 0.489. The minimum atomic E-state index is -0.382. The predicted octanol–water partition coefficient (Wildman–Crippen LogP) is 0.431. The molecule has 0 aromatic heterocycles. The first kappa shape index (κ1) is 11.7. The number of methoxy groups -OCH3 is 1. The van der Waals surface area contributed by atoms with Crippen LogP contribution in [0.2, 0.25) is 0 Å². The molecule has 0 bridgehead atoms. The van der Waals surface area contributed by atoms with Crippen molar-refractivity contribution in [3.8, 4) is 0 Å². The highest BCUT2D eigenvalue weighted by molar-refractivity contribution is 6.17. The highest BCUT2D eigenvalue weighted by atomic mass is 35.5. The molecule has 0 fully saturated rings. The molecule has 0 N–H and O–H groups in total. The van der Waals surface area contributed by atoms with Crippen molar-refractivity contribution < 1.29 is 19.0 Å². The molecule has 0 saturated carbocycles. The minimum absolute atomic E-state index is 0.0270. The summed E-state index contributed by atoms with van der Waals surface area (Å²) in [7, 11) is 1.32. The molecule has 0 rings (SSSR count). The Morgan fingerprint density at radius 1 is 1.25 bits per heavy atom. The van der Waals surface area contributed by atoms with Crippen LogP contribution in [0.5, 0.6) is 0 Å². The summed E-state index contributed by atoms with van der Waals surface area (Å²) in [4.78, 5) is 10.5. The van der Waals surface area contributed by atoms with E-state index in [0.29, 0.717) is 25.7 Å². The zero-order chi connectivity index (χ0) is 9.23. The van der Waals surface area contributed by atoms with Crippen LogP contribution in [-0.4, -0.2) is 45.4 Å². The third-order valence-corrected chi connectivity index (χ3v) is 1.20. The number of esters is 1. The van der Waals surface area contributed by atoms with Gasteiger partial charge >= 0.3 is 5.97 Å². The molecule has 4 nitrogen and oxygen atoms in total. The van der Waals surface area contributed by atoms with Crippen LogP contribution in [0.4, 0.5) is 0 Å². The van der Waals surface area contributed by atoms with Gasteiger partial charge in [0.25, 0.3) is 0 Å². The van der Waals surface area contributed by atoms with E-state index in [4.69, 9.17) is 21.1 Å². The van der Waals surface area contributed by atoms with Crippen molar-refractivity contribution in [3.63, 3.8) is 0 Å². The van der Waals surface area contributed by atoms with Crippen molar-refractivity contribution in [1.29, 1.82) is 0 Å². The molecule has 72 valence electrons. The van der Waals surface area contributed by atoms with Crippen LogP contribution in [-0.2, 0) is 19.0 Å². The molecule has 0 spiro atoms. The van der Waals surface area contributed by atoms with Crippen LogP contribution in [0, 0.1) is 0 Å². The average molecular weight is 197 g/mol. The standard InChI is InChI=1S/C7H13ClO4/c1-10-7(9)6-12-5-4-11-3-2-8/h2-6H2,1H3. The normalized spacial score (nSPS) is 9.83. The van der Waals surface area contributed by atoms with Gasteiger partial charge in [-0.15, -0.1) is 11.6 Å². The number of carbonyl (C=O) groups excluding carboxylic acids is 1. The molecule has 0 aliphatic rings. The Kier molecular flexibility index (Phi) is 8.54. The van der Waals surface area contributed by atoms with Crippen molar-refractivity contribution in [3.05, 3.63) is 0 Å². The highest BCUT2D eigenvalue weighted by Gasteiger charge is 1.98. The first-order valence-electron chi connectivity index (χ1n) is 3.59. The molecule has 0 heterocycles. The van der Waals surface area contributed by atoms with Crippen molar-refractivity contribution in [2.75, 3.05) is 39.4 Å². The fraction of sp³-hybridized carbons (Fsp3) is 0.857. The van der Waals surface area contributed by atoms with Gasteiger partial charge < -0.3 is 14.2 Å². The summed E-state index contributed by atoms with van der Waals surface area (Å²) in [6.07, 6.45) is 0. The lowest BCUT2D eigenvalue weighted by Crippen LogP contribution is -2.13. The quantitative estimate of drug-likeness (QED) is 0.337. The van der Waals surface area contributed by atoms with E-state index in [1.165, 1.54) is 7.11 Å². The van der Waals surface area contributed by atoms with Crippen LogP contribution in [0.1, 0.15) is 0 Å². The maximum absolute atomic E-state index is 10.5. The minimum Gasteiger partial charge on any atom is -0.467 e. The lowest BCUT2D eigenvalue weighted by molar-refractivity contribution is -0.146. The summed E-state index contributed by atoms with van der Waals surface area (Å²) in [5, 5.41) is 0. The van der Waals surface area contributed by atoms with Gasteiger partial charge in [0.15, 0.2) is 0 Å². The first-order chi connectivity index (χ1) is 5.81. The molecule has 0 radical (unpaired) electrons. The zero-order valence-corrected chi connectivity index (χ0v) is 7.80. The fourth-order valence-corrected chi connectivity index (χ4v) is 0.598. The van der Waals surface area contributed by atoms with Crippen LogP contribution in [0.15, 0.2) is 0 Å². The Balaban J connectivity index is 2.95. The average Bonchev–Trinajstić information content (AvgIpc) is 2.10. The molecule has 0 atom stereocenters. The van der Waals surface area contributed by atoms with Crippen LogP contribution >= 0.6 is 11.6 Å². The van der Waals surface area contributed by atoms with Gasteiger partial charge in [0.05, 0.1) is 26.9 Å². The Hall–Kier alpha value is -0.320. The number of hydrogen-bond acceptors (Lipinski definition) is 4. The van der Waals surface area contributed by atoms with Gasteiger partial charge in [-0.1, -0.05) is 0 Å². The van der Waals surface area contributed by atoms with E-state index in [9.17, 15) is 4.79 Å². The van der Waals surface area contributed by atoms with E-state index < -0.39 is 0 Å². The Morgan fingerprint density at radius 2 is 1.92 bits per heavy atom. The van der Waals surface area contributed by atoms with E-state index in [-0.39, 0.29) is 12.6 Å². The summed E-state index contributed by atoms with van der Waals surface area (Å²) in [5.74, 6) is 0.0872. The van der Waals surface area contributed by atoms with E-state index >= 15 is 0 Å². The summed E-state index contributed by atoms with van der Waals surface area (Å²) < 4.78 is 14.2. The number of carbonyl (C=O) groups is 1. The Bertz CT molecular complexity index is 118. The van der Waals surface area contributed by atoms with Gasteiger partial charge in [-0.05, 0) is 0 Å². The number of hydrogen-bond donors (Lipinski definition) is 0. The maximum Gasteiger partial charge on any atom is 0.331 e. The first-order valence-corrected chi connectivity index (χ1v) is 4.13. The molecular formula is C7H13ClO4. The summed E-state index contributed by atoms with van der Waals surface area (Å²) >= 11 is 5.35. The topological polar surface area (TPSA) is 44.8 Å². The highest BCUT2D eigenvalue weighted by Crippen LogP contribution is 1.82. The second-order valence-electron chi connectivity index (χ2n) is 1.93. The molecular weight excluding hydrogens is 184 g/mol. The van der Waals surface area contributed by atoms with Gasteiger partial charge in [0.2, 0.25) is 0 Å². The Labute approximate surface area is 76.7 Å². The van der Waals surface area contributed by atoms with Gasteiger partial charge in [-0.25, -0.2) is 4.79 Å². The summed E-state index contributed by atoms with van der Waals surface area (Å²) in [5.41, 5.74) is 0. The second-order valence-corrected chi connectivity index (χ2v) is 2.31. The van der Waals surface area contributed by atoms with Gasteiger partial charge in [0, 0.05) is 5.88 Å². The molecule has 12 heavy (non-hydrogen) atoms. The molecule has 5 heteroatoms. The molecule has 0 aliphatic carbocycles. The maximum atomic E-state index is 10.5. The van der Waals surface area contributed by atoms with Crippen LogP contribution < -0.4 is 0 Å².